The van der Waals surface area contributed by atoms with Crippen molar-refractivity contribution >= 4 is 5.69 Å². The minimum atomic E-state index is 0.369. The summed E-state index contributed by atoms with van der Waals surface area (Å²) in [7, 11) is 0. The van der Waals surface area contributed by atoms with Crippen LogP contribution in [0.4, 0.5) is 5.69 Å². The molecule has 1 fully saturated rings. The van der Waals surface area contributed by atoms with Crippen LogP contribution < -0.4 is 10.6 Å². The van der Waals surface area contributed by atoms with Crippen LogP contribution in [-0.4, -0.2) is 19.1 Å². The van der Waals surface area contributed by atoms with E-state index in [1.165, 1.54) is 30.5 Å². The summed E-state index contributed by atoms with van der Waals surface area (Å²) < 4.78 is 0. The van der Waals surface area contributed by atoms with Gasteiger partial charge in [-0.25, -0.2) is 0 Å². The van der Waals surface area contributed by atoms with Crippen molar-refractivity contribution in [3.05, 3.63) is 29.8 Å². The zero-order chi connectivity index (χ0) is 11.8. The Morgan fingerprint density at radius 1 is 1.35 bits per heavy atom. The number of para-hydroxylation sites is 1. The Morgan fingerprint density at radius 2 is 2.12 bits per heavy atom. The zero-order valence-corrected chi connectivity index (χ0v) is 10.6. The maximum absolute atomic E-state index is 6.27. The third-order valence-corrected chi connectivity index (χ3v) is 4.09. The number of fused-ring (bicyclic) bond motifs is 1. The van der Waals surface area contributed by atoms with Gasteiger partial charge in [-0.05, 0) is 42.7 Å². The average molecular weight is 230 g/mol. The highest BCUT2D eigenvalue weighted by molar-refractivity contribution is 5.55. The summed E-state index contributed by atoms with van der Waals surface area (Å²) in [6.45, 7) is 4.54. The topological polar surface area (TPSA) is 29.3 Å². The second kappa shape index (κ2) is 4.34. The summed E-state index contributed by atoms with van der Waals surface area (Å²) >= 11 is 0. The summed E-state index contributed by atoms with van der Waals surface area (Å²) in [5, 5.41) is 0. The van der Waals surface area contributed by atoms with Crippen LogP contribution in [0, 0.1) is 11.8 Å². The van der Waals surface area contributed by atoms with E-state index in [4.69, 9.17) is 5.73 Å². The molecule has 0 radical (unpaired) electrons. The fourth-order valence-electron chi connectivity index (χ4n) is 3.01. The zero-order valence-electron chi connectivity index (χ0n) is 10.6. The van der Waals surface area contributed by atoms with Crippen molar-refractivity contribution in [1.29, 1.82) is 0 Å². The fourth-order valence-corrected chi connectivity index (χ4v) is 3.01. The molecule has 1 saturated carbocycles. The SMILES string of the molecule is CC1Cc2ccccc2N(CC(N)C2CC2)C1. The molecule has 2 aliphatic rings. The number of hydrogen-bond acceptors (Lipinski definition) is 2. The predicted molar refractivity (Wildman–Crippen MR) is 72.2 cm³/mol. The lowest BCUT2D eigenvalue weighted by Gasteiger charge is -2.36. The molecule has 0 spiro atoms. The molecule has 0 saturated heterocycles. The van der Waals surface area contributed by atoms with Crippen LogP contribution in [0.25, 0.3) is 0 Å². The van der Waals surface area contributed by atoms with Gasteiger partial charge in [-0.2, -0.15) is 0 Å². The van der Waals surface area contributed by atoms with E-state index in [1.54, 1.807) is 0 Å². The van der Waals surface area contributed by atoms with E-state index < -0.39 is 0 Å². The lowest BCUT2D eigenvalue weighted by atomic mass is 9.93. The smallest absolute Gasteiger partial charge is 0.0399 e. The average Bonchev–Trinajstić information content (AvgIpc) is 3.12. The van der Waals surface area contributed by atoms with Crippen LogP contribution in [0.2, 0.25) is 0 Å². The van der Waals surface area contributed by atoms with E-state index in [0.29, 0.717) is 6.04 Å². The van der Waals surface area contributed by atoms with Crippen LogP contribution >= 0.6 is 0 Å². The Kier molecular flexibility index (Phi) is 2.83. The minimum absolute atomic E-state index is 0.369. The summed E-state index contributed by atoms with van der Waals surface area (Å²) in [5.74, 6) is 1.54. The number of benzene rings is 1. The molecule has 2 N–H and O–H groups in total. The molecule has 17 heavy (non-hydrogen) atoms. The standard InChI is InChI=1S/C15H22N2/c1-11-8-13-4-2-3-5-15(13)17(9-11)10-14(16)12-6-7-12/h2-5,11-12,14H,6-10,16H2,1H3. The molecular weight excluding hydrogens is 208 g/mol. The number of nitrogens with two attached hydrogens (primary N) is 1. The summed E-state index contributed by atoms with van der Waals surface area (Å²) in [4.78, 5) is 2.51. The molecule has 2 heteroatoms. The van der Waals surface area contributed by atoms with Gasteiger partial charge in [-0.3, -0.25) is 0 Å². The van der Waals surface area contributed by atoms with Gasteiger partial charge in [-0.15, -0.1) is 0 Å². The minimum Gasteiger partial charge on any atom is -0.369 e. The molecule has 0 bridgehead atoms. The Hall–Kier alpha value is -1.02. The molecule has 0 amide bonds. The second-order valence-electron chi connectivity index (χ2n) is 5.84. The number of hydrogen-bond donors (Lipinski definition) is 1. The van der Waals surface area contributed by atoms with Crippen LogP contribution in [0.5, 0.6) is 0 Å². The molecule has 2 atom stereocenters. The highest BCUT2D eigenvalue weighted by atomic mass is 15.2. The second-order valence-corrected chi connectivity index (χ2v) is 5.84. The van der Waals surface area contributed by atoms with Gasteiger partial charge in [-0.1, -0.05) is 25.1 Å². The lowest BCUT2D eigenvalue weighted by molar-refractivity contribution is 0.494. The monoisotopic (exact) mass is 230 g/mol. The van der Waals surface area contributed by atoms with Gasteiger partial charge in [0, 0.05) is 24.8 Å². The number of anilines is 1. The van der Waals surface area contributed by atoms with E-state index in [2.05, 4.69) is 36.1 Å². The first kappa shape index (κ1) is 11.1. The summed E-state index contributed by atoms with van der Waals surface area (Å²) in [6.07, 6.45) is 3.89. The van der Waals surface area contributed by atoms with E-state index in [1.807, 2.05) is 0 Å². The molecule has 1 aliphatic heterocycles. The number of nitrogens with zero attached hydrogens (tertiary/aromatic N) is 1. The van der Waals surface area contributed by atoms with Crippen LogP contribution in [0.3, 0.4) is 0 Å². The third-order valence-electron chi connectivity index (χ3n) is 4.09. The van der Waals surface area contributed by atoms with Gasteiger partial charge < -0.3 is 10.6 Å². The maximum Gasteiger partial charge on any atom is 0.0399 e. The molecule has 92 valence electrons. The van der Waals surface area contributed by atoms with Crippen molar-refractivity contribution in [3.8, 4) is 0 Å². The van der Waals surface area contributed by atoms with Crippen molar-refractivity contribution in [1.82, 2.24) is 0 Å². The third kappa shape index (κ3) is 2.32. The molecule has 1 aliphatic carbocycles. The first-order chi connectivity index (χ1) is 8.24. The lowest BCUT2D eigenvalue weighted by Crippen LogP contribution is -2.43. The quantitative estimate of drug-likeness (QED) is 0.864. The Bertz CT molecular complexity index is 398. The van der Waals surface area contributed by atoms with Crippen LogP contribution in [0.1, 0.15) is 25.3 Å². The molecule has 1 aromatic carbocycles. The van der Waals surface area contributed by atoms with Gasteiger partial charge in [0.1, 0.15) is 0 Å². The van der Waals surface area contributed by atoms with Crippen molar-refractivity contribution < 1.29 is 0 Å². The molecule has 0 aromatic heterocycles. The largest absolute Gasteiger partial charge is 0.369 e. The Labute approximate surface area is 104 Å². The highest BCUT2D eigenvalue weighted by Crippen LogP contribution is 2.34. The van der Waals surface area contributed by atoms with Crippen LogP contribution in [-0.2, 0) is 6.42 Å². The highest BCUT2D eigenvalue weighted by Gasteiger charge is 2.31. The number of rotatable bonds is 3. The van der Waals surface area contributed by atoms with Gasteiger partial charge >= 0.3 is 0 Å². The van der Waals surface area contributed by atoms with E-state index in [-0.39, 0.29) is 0 Å². The van der Waals surface area contributed by atoms with E-state index in [9.17, 15) is 0 Å². The molecule has 2 unspecified atom stereocenters. The van der Waals surface area contributed by atoms with Crippen molar-refractivity contribution in [2.24, 2.45) is 17.6 Å². The summed E-state index contributed by atoms with van der Waals surface area (Å²) in [6, 6.07) is 9.18. The van der Waals surface area contributed by atoms with Crippen LogP contribution in [0.15, 0.2) is 24.3 Å². The molecule has 2 nitrogen and oxygen atoms in total. The maximum atomic E-state index is 6.27. The fraction of sp³-hybridized carbons (Fsp3) is 0.600. The van der Waals surface area contributed by atoms with Gasteiger partial charge in [0.25, 0.3) is 0 Å². The van der Waals surface area contributed by atoms with E-state index >= 15 is 0 Å². The van der Waals surface area contributed by atoms with Gasteiger partial charge in [0.2, 0.25) is 0 Å². The first-order valence-electron chi connectivity index (χ1n) is 6.82. The summed E-state index contributed by atoms with van der Waals surface area (Å²) in [5.41, 5.74) is 9.18. The van der Waals surface area contributed by atoms with Gasteiger partial charge in [0.15, 0.2) is 0 Å². The van der Waals surface area contributed by atoms with Crippen molar-refractivity contribution in [2.45, 2.75) is 32.2 Å². The molecule has 1 heterocycles. The molecule has 1 aromatic rings. The van der Waals surface area contributed by atoms with Crippen molar-refractivity contribution in [2.75, 3.05) is 18.0 Å². The van der Waals surface area contributed by atoms with E-state index in [0.717, 1.165) is 24.9 Å². The van der Waals surface area contributed by atoms with Crippen molar-refractivity contribution in [3.63, 3.8) is 0 Å². The normalized spacial score (nSPS) is 25.5. The van der Waals surface area contributed by atoms with Gasteiger partial charge in [0.05, 0.1) is 0 Å². The first-order valence-corrected chi connectivity index (χ1v) is 6.82. The Balaban J connectivity index is 1.79. The molecule has 3 rings (SSSR count). The Morgan fingerprint density at radius 3 is 2.88 bits per heavy atom. The predicted octanol–water partition coefficient (Wildman–Crippen LogP) is 2.42. The molecular formula is C15H22N2.